The Labute approximate surface area is 110 Å². The van der Waals surface area contributed by atoms with Gasteiger partial charge in [0.2, 0.25) is 5.91 Å². The highest BCUT2D eigenvalue weighted by molar-refractivity contribution is 5.95. The Hall–Kier alpha value is -1.95. The first-order chi connectivity index (χ1) is 9.10. The minimum absolute atomic E-state index is 0.0227. The van der Waals surface area contributed by atoms with Gasteiger partial charge in [0.1, 0.15) is 5.82 Å². The van der Waals surface area contributed by atoms with Gasteiger partial charge in [0.25, 0.3) is 0 Å². The number of methoxy groups -OCH3 is 1. The first kappa shape index (κ1) is 13.5. The van der Waals surface area contributed by atoms with E-state index in [0.29, 0.717) is 6.04 Å². The van der Waals surface area contributed by atoms with Crippen molar-refractivity contribution in [2.45, 2.75) is 18.9 Å². The molecule has 0 radical (unpaired) electrons. The smallest absolute Gasteiger partial charge is 0.337 e. The number of hydrogen-bond acceptors (Lipinski definition) is 4. The maximum Gasteiger partial charge on any atom is 0.337 e. The normalized spacial score (nSPS) is 14.0. The van der Waals surface area contributed by atoms with Crippen LogP contribution >= 0.6 is 0 Å². The summed E-state index contributed by atoms with van der Waals surface area (Å²) in [7, 11) is 1.24. The fraction of sp³-hybridized carbons (Fsp3) is 0.385. The van der Waals surface area contributed by atoms with Crippen molar-refractivity contribution in [3.63, 3.8) is 0 Å². The second-order valence-electron chi connectivity index (χ2n) is 4.39. The van der Waals surface area contributed by atoms with Gasteiger partial charge in [0, 0.05) is 6.04 Å². The van der Waals surface area contributed by atoms with Crippen molar-refractivity contribution < 1.29 is 18.7 Å². The van der Waals surface area contributed by atoms with E-state index in [-0.39, 0.29) is 23.7 Å². The number of esters is 1. The summed E-state index contributed by atoms with van der Waals surface area (Å²) in [6, 6.07) is 4.09. The summed E-state index contributed by atoms with van der Waals surface area (Å²) >= 11 is 0. The predicted molar refractivity (Wildman–Crippen MR) is 67.4 cm³/mol. The maximum absolute atomic E-state index is 13.5. The average molecular weight is 266 g/mol. The van der Waals surface area contributed by atoms with Crippen LogP contribution in [0.2, 0.25) is 0 Å². The van der Waals surface area contributed by atoms with Gasteiger partial charge in [-0.2, -0.15) is 0 Å². The Morgan fingerprint density at radius 2 is 2.16 bits per heavy atom. The standard InChI is InChI=1S/C13H15FN2O3/c1-19-13(18)8-2-5-10(14)11(6-8)16-12(17)7-15-9-3-4-9/h2,5-6,9,15H,3-4,7H2,1H3,(H,16,17). The quantitative estimate of drug-likeness (QED) is 0.788. The third-order valence-electron chi connectivity index (χ3n) is 2.79. The molecule has 6 heteroatoms. The van der Waals surface area contributed by atoms with E-state index in [1.807, 2.05) is 0 Å². The molecule has 0 aromatic heterocycles. The van der Waals surface area contributed by atoms with Gasteiger partial charge in [0.05, 0.1) is 24.9 Å². The third-order valence-corrected chi connectivity index (χ3v) is 2.79. The van der Waals surface area contributed by atoms with Crippen molar-refractivity contribution in [2.75, 3.05) is 19.0 Å². The molecule has 0 unspecified atom stereocenters. The van der Waals surface area contributed by atoms with Crippen LogP contribution in [-0.2, 0) is 9.53 Å². The van der Waals surface area contributed by atoms with Crippen LogP contribution in [0.5, 0.6) is 0 Å². The Bertz CT molecular complexity index is 501. The molecule has 5 nitrogen and oxygen atoms in total. The van der Waals surface area contributed by atoms with Crippen LogP contribution in [-0.4, -0.2) is 31.6 Å². The molecule has 1 saturated carbocycles. The second kappa shape index (κ2) is 5.79. The topological polar surface area (TPSA) is 67.4 Å². The highest BCUT2D eigenvalue weighted by Gasteiger charge is 2.21. The number of benzene rings is 1. The number of hydrogen-bond donors (Lipinski definition) is 2. The molecule has 19 heavy (non-hydrogen) atoms. The van der Waals surface area contributed by atoms with E-state index in [9.17, 15) is 14.0 Å². The molecule has 1 aliphatic rings. The monoisotopic (exact) mass is 266 g/mol. The summed E-state index contributed by atoms with van der Waals surface area (Å²) in [6.07, 6.45) is 2.14. The first-order valence-corrected chi connectivity index (χ1v) is 6.01. The Morgan fingerprint density at radius 1 is 1.42 bits per heavy atom. The van der Waals surface area contributed by atoms with E-state index in [1.165, 1.54) is 19.2 Å². The molecule has 0 spiro atoms. The average Bonchev–Trinajstić information content (AvgIpc) is 3.22. The number of halogens is 1. The van der Waals surface area contributed by atoms with Crippen LogP contribution < -0.4 is 10.6 Å². The molecule has 0 heterocycles. The van der Waals surface area contributed by atoms with Crippen LogP contribution in [0, 0.1) is 5.82 Å². The van der Waals surface area contributed by atoms with Gasteiger partial charge in [-0.3, -0.25) is 4.79 Å². The van der Waals surface area contributed by atoms with E-state index < -0.39 is 11.8 Å². The lowest BCUT2D eigenvalue weighted by Gasteiger charge is -2.08. The molecule has 102 valence electrons. The molecule has 1 fully saturated rings. The van der Waals surface area contributed by atoms with Crippen molar-refractivity contribution in [2.24, 2.45) is 0 Å². The van der Waals surface area contributed by atoms with Crippen LogP contribution in [0.15, 0.2) is 18.2 Å². The molecule has 1 aliphatic carbocycles. The molecule has 0 saturated heterocycles. The molecule has 0 bridgehead atoms. The zero-order valence-electron chi connectivity index (χ0n) is 10.5. The number of rotatable bonds is 5. The van der Waals surface area contributed by atoms with Crippen LogP contribution in [0.4, 0.5) is 10.1 Å². The van der Waals surface area contributed by atoms with Gasteiger partial charge < -0.3 is 15.4 Å². The van der Waals surface area contributed by atoms with Crippen molar-refractivity contribution in [3.8, 4) is 0 Å². The molecular weight excluding hydrogens is 251 g/mol. The van der Waals surface area contributed by atoms with Crippen molar-refractivity contribution in [1.82, 2.24) is 5.32 Å². The number of carbonyl (C=O) groups is 2. The summed E-state index contributed by atoms with van der Waals surface area (Å²) in [6.45, 7) is 0.132. The number of ether oxygens (including phenoxy) is 1. The number of nitrogens with one attached hydrogen (secondary N) is 2. The van der Waals surface area contributed by atoms with E-state index in [2.05, 4.69) is 15.4 Å². The molecule has 1 aromatic carbocycles. The van der Waals surface area contributed by atoms with Crippen LogP contribution in [0.25, 0.3) is 0 Å². The predicted octanol–water partition coefficient (Wildman–Crippen LogP) is 1.30. The van der Waals surface area contributed by atoms with Crippen molar-refractivity contribution in [1.29, 1.82) is 0 Å². The molecular formula is C13H15FN2O3. The summed E-state index contributed by atoms with van der Waals surface area (Å²) in [5.74, 6) is -1.51. The number of carbonyl (C=O) groups excluding carboxylic acids is 2. The SMILES string of the molecule is COC(=O)c1ccc(F)c(NC(=O)CNC2CC2)c1. The number of amides is 1. The van der Waals surface area contributed by atoms with Crippen LogP contribution in [0.3, 0.4) is 0 Å². The molecule has 2 N–H and O–H groups in total. The van der Waals surface area contributed by atoms with Gasteiger partial charge in [-0.1, -0.05) is 0 Å². The van der Waals surface area contributed by atoms with Crippen molar-refractivity contribution >= 4 is 17.6 Å². The molecule has 1 amide bonds. The van der Waals surface area contributed by atoms with Crippen molar-refractivity contribution in [3.05, 3.63) is 29.6 Å². The largest absolute Gasteiger partial charge is 0.465 e. The molecule has 0 aliphatic heterocycles. The van der Waals surface area contributed by atoms with Crippen LogP contribution in [0.1, 0.15) is 23.2 Å². The Morgan fingerprint density at radius 3 is 2.79 bits per heavy atom. The van der Waals surface area contributed by atoms with E-state index in [0.717, 1.165) is 18.9 Å². The minimum atomic E-state index is -0.590. The minimum Gasteiger partial charge on any atom is -0.465 e. The zero-order valence-corrected chi connectivity index (χ0v) is 10.5. The van der Waals surface area contributed by atoms with Gasteiger partial charge in [-0.05, 0) is 31.0 Å². The van der Waals surface area contributed by atoms with E-state index in [1.54, 1.807) is 0 Å². The van der Waals surface area contributed by atoms with Gasteiger partial charge in [0.15, 0.2) is 0 Å². The zero-order chi connectivity index (χ0) is 13.8. The summed E-state index contributed by atoms with van der Waals surface area (Å²) in [5, 5.41) is 5.45. The molecule has 0 atom stereocenters. The third kappa shape index (κ3) is 3.75. The summed E-state index contributed by atoms with van der Waals surface area (Å²) in [5.41, 5.74) is 0.167. The highest BCUT2D eigenvalue weighted by Crippen LogP contribution is 2.19. The second-order valence-corrected chi connectivity index (χ2v) is 4.39. The summed E-state index contributed by atoms with van der Waals surface area (Å²) < 4.78 is 18.1. The number of anilines is 1. The fourth-order valence-corrected chi connectivity index (χ4v) is 1.58. The lowest BCUT2D eigenvalue weighted by Crippen LogP contribution is -2.29. The van der Waals surface area contributed by atoms with Gasteiger partial charge >= 0.3 is 5.97 Å². The van der Waals surface area contributed by atoms with E-state index >= 15 is 0 Å². The lowest BCUT2D eigenvalue weighted by molar-refractivity contribution is -0.115. The molecule has 1 aromatic rings. The Kier molecular flexibility index (Phi) is 4.11. The van der Waals surface area contributed by atoms with Gasteiger partial charge in [-0.15, -0.1) is 0 Å². The summed E-state index contributed by atoms with van der Waals surface area (Å²) in [4.78, 5) is 22.9. The lowest BCUT2D eigenvalue weighted by atomic mass is 10.2. The van der Waals surface area contributed by atoms with Gasteiger partial charge in [-0.25, -0.2) is 9.18 Å². The highest BCUT2D eigenvalue weighted by atomic mass is 19.1. The maximum atomic E-state index is 13.5. The van der Waals surface area contributed by atoms with E-state index in [4.69, 9.17) is 0 Å². The Balaban J connectivity index is 2.00. The molecule has 2 rings (SSSR count). The fourth-order valence-electron chi connectivity index (χ4n) is 1.58. The first-order valence-electron chi connectivity index (χ1n) is 6.01.